The van der Waals surface area contributed by atoms with Crippen LogP contribution in [0.5, 0.6) is 0 Å². The van der Waals surface area contributed by atoms with Gasteiger partial charge in [0.15, 0.2) is 17.0 Å². The van der Waals surface area contributed by atoms with E-state index in [1.165, 1.54) is 65.2 Å². The van der Waals surface area contributed by atoms with Crippen LogP contribution in [-0.2, 0) is 19.1 Å². The van der Waals surface area contributed by atoms with E-state index >= 15 is 0 Å². The van der Waals surface area contributed by atoms with Crippen molar-refractivity contribution in [2.75, 3.05) is 13.2 Å². The van der Waals surface area contributed by atoms with Gasteiger partial charge >= 0.3 is 5.97 Å². The predicted octanol–water partition coefficient (Wildman–Crippen LogP) is 4.14. The monoisotopic (exact) mass is 414 g/mol. The lowest BCUT2D eigenvalue weighted by Gasteiger charge is -2.26. The molecule has 0 aromatic heterocycles. The third-order valence-corrected chi connectivity index (χ3v) is 5.57. The number of Topliss-reactive ketones (excluding diaryl/α,β-unsaturated/α-hetero) is 2. The fourth-order valence-electron chi connectivity index (χ4n) is 3.57. The predicted molar refractivity (Wildman–Crippen MR) is 114 cm³/mol. The van der Waals surface area contributed by atoms with Gasteiger partial charge in [0.2, 0.25) is 0 Å². The molecule has 0 heterocycles. The van der Waals surface area contributed by atoms with Gasteiger partial charge < -0.3 is 14.9 Å². The van der Waals surface area contributed by atoms with Crippen LogP contribution >= 0.6 is 0 Å². The summed E-state index contributed by atoms with van der Waals surface area (Å²) >= 11 is 0. The van der Waals surface area contributed by atoms with Gasteiger partial charge in [-0.1, -0.05) is 84.0 Å². The van der Waals surface area contributed by atoms with Crippen molar-refractivity contribution in [1.29, 1.82) is 0 Å². The Morgan fingerprint density at radius 1 is 0.793 bits per heavy atom. The molecule has 6 heteroatoms. The smallest absolute Gasteiger partial charge is 0.327 e. The maximum atomic E-state index is 12.4. The van der Waals surface area contributed by atoms with Crippen molar-refractivity contribution in [3.8, 4) is 0 Å². The molecule has 0 aromatic carbocycles. The molecule has 170 valence electrons. The lowest BCUT2D eigenvalue weighted by atomic mass is 9.75. The average Bonchev–Trinajstić information content (AvgIpc) is 2.68. The van der Waals surface area contributed by atoms with E-state index in [0.29, 0.717) is 6.42 Å². The van der Waals surface area contributed by atoms with Crippen LogP contribution in [0.2, 0.25) is 0 Å². The van der Waals surface area contributed by atoms with Crippen LogP contribution in [0.15, 0.2) is 0 Å². The topological polar surface area (TPSA) is 101 Å². The number of hydrogen-bond acceptors (Lipinski definition) is 6. The number of esters is 1. The van der Waals surface area contributed by atoms with Crippen molar-refractivity contribution in [3.05, 3.63) is 0 Å². The Balaban J connectivity index is 4.24. The summed E-state index contributed by atoms with van der Waals surface area (Å²) in [6, 6.07) is 0. The Bertz CT molecular complexity index is 460. The fraction of sp³-hybridized carbons (Fsp3) is 0.870. The fourth-order valence-corrected chi connectivity index (χ4v) is 3.57. The summed E-state index contributed by atoms with van der Waals surface area (Å²) < 4.78 is 4.95. The minimum Gasteiger partial charge on any atom is -0.462 e. The summed E-state index contributed by atoms with van der Waals surface area (Å²) in [5, 5.41) is 18.2. The van der Waals surface area contributed by atoms with Crippen molar-refractivity contribution >= 4 is 17.5 Å². The largest absolute Gasteiger partial charge is 0.462 e. The SMILES string of the molecule is CCCCCCCCCCCCCCC(C(C)=O)(C(C)=O)C(=O)OCC(O)CO. The third-order valence-electron chi connectivity index (χ3n) is 5.57. The number of aliphatic hydroxyl groups is 2. The second kappa shape index (κ2) is 16.5. The Morgan fingerprint density at radius 3 is 1.59 bits per heavy atom. The van der Waals surface area contributed by atoms with Crippen LogP contribution in [0, 0.1) is 5.41 Å². The zero-order valence-corrected chi connectivity index (χ0v) is 18.7. The molecule has 29 heavy (non-hydrogen) atoms. The van der Waals surface area contributed by atoms with Crippen LogP contribution in [0.4, 0.5) is 0 Å². The van der Waals surface area contributed by atoms with Crippen LogP contribution in [0.25, 0.3) is 0 Å². The van der Waals surface area contributed by atoms with E-state index < -0.39 is 42.3 Å². The van der Waals surface area contributed by atoms with E-state index in [-0.39, 0.29) is 6.42 Å². The van der Waals surface area contributed by atoms with Gasteiger partial charge in [0.05, 0.1) is 6.61 Å². The summed E-state index contributed by atoms with van der Waals surface area (Å²) in [6.45, 7) is 3.69. The van der Waals surface area contributed by atoms with Gasteiger partial charge in [-0.25, -0.2) is 0 Å². The highest BCUT2D eigenvalue weighted by molar-refractivity contribution is 6.21. The average molecular weight is 415 g/mol. The molecule has 0 amide bonds. The second-order valence-electron chi connectivity index (χ2n) is 8.09. The highest BCUT2D eigenvalue weighted by Gasteiger charge is 2.49. The molecular weight excluding hydrogens is 372 g/mol. The van der Waals surface area contributed by atoms with Crippen molar-refractivity contribution < 1.29 is 29.3 Å². The summed E-state index contributed by atoms with van der Waals surface area (Å²) in [4.78, 5) is 36.8. The molecule has 0 saturated heterocycles. The van der Waals surface area contributed by atoms with Gasteiger partial charge in [0.25, 0.3) is 0 Å². The highest BCUT2D eigenvalue weighted by atomic mass is 16.5. The van der Waals surface area contributed by atoms with Crippen LogP contribution in [-0.4, -0.2) is 47.1 Å². The van der Waals surface area contributed by atoms with E-state index in [2.05, 4.69) is 6.92 Å². The molecule has 0 spiro atoms. The van der Waals surface area contributed by atoms with E-state index in [1.54, 1.807) is 0 Å². The first kappa shape index (κ1) is 27.7. The molecule has 1 atom stereocenters. The summed E-state index contributed by atoms with van der Waals surface area (Å²) in [7, 11) is 0. The first-order valence-electron chi connectivity index (χ1n) is 11.3. The summed E-state index contributed by atoms with van der Waals surface area (Å²) in [6.07, 6.45) is 12.8. The number of ether oxygens (including phenoxy) is 1. The van der Waals surface area contributed by atoms with Gasteiger partial charge in [-0.2, -0.15) is 0 Å². The normalized spacial score (nSPS) is 12.6. The molecular formula is C23H42O6. The zero-order chi connectivity index (χ0) is 22.1. The molecule has 0 aliphatic rings. The number of rotatable bonds is 19. The van der Waals surface area contributed by atoms with Gasteiger partial charge in [-0.05, 0) is 20.3 Å². The summed E-state index contributed by atoms with van der Waals surface area (Å²) in [5.74, 6) is -1.99. The number of ketones is 2. The molecule has 6 nitrogen and oxygen atoms in total. The van der Waals surface area contributed by atoms with Gasteiger partial charge in [0.1, 0.15) is 12.7 Å². The van der Waals surface area contributed by atoms with Gasteiger partial charge in [-0.15, -0.1) is 0 Å². The van der Waals surface area contributed by atoms with Crippen LogP contribution < -0.4 is 0 Å². The van der Waals surface area contributed by atoms with Crippen molar-refractivity contribution in [2.45, 2.75) is 110 Å². The number of carbonyl (C=O) groups excluding carboxylic acids is 3. The number of aliphatic hydroxyl groups excluding tert-OH is 2. The molecule has 0 aromatic rings. The molecule has 0 rings (SSSR count). The van der Waals surface area contributed by atoms with Gasteiger partial charge in [0, 0.05) is 0 Å². The Labute approximate surface area is 176 Å². The Kier molecular flexibility index (Phi) is 15.8. The molecule has 0 radical (unpaired) electrons. The van der Waals surface area contributed by atoms with Crippen molar-refractivity contribution in [2.24, 2.45) is 5.41 Å². The van der Waals surface area contributed by atoms with Crippen LogP contribution in [0.1, 0.15) is 104 Å². The molecule has 0 saturated carbocycles. The summed E-state index contributed by atoms with van der Waals surface area (Å²) in [5.41, 5.74) is -1.80. The van der Waals surface area contributed by atoms with E-state index in [0.717, 1.165) is 19.3 Å². The van der Waals surface area contributed by atoms with E-state index in [4.69, 9.17) is 9.84 Å². The Morgan fingerprint density at radius 2 is 1.21 bits per heavy atom. The number of unbranched alkanes of at least 4 members (excludes halogenated alkanes) is 11. The lowest BCUT2D eigenvalue weighted by molar-refractivity contribution is -0.166. The lowest BCUT2D eigenvalue weighted by Crippen LogP contribution is -2.46. The van der Waals surface area contributed by atoms with E-state index in [9.17, 15) is 19.5 Å². The molecule has 0 bridgehead atoms. The number of carbonyl (C=O) groups is 3. The molecule has 0 fully saturated rings. The quantitative estimate of drug-likeness (QED) is 0.187. The molecule has 0 aliphatic heterocycles. The molecule has 0 aliphatic carbocycles. The minimum absolute atomic E-state index is 0.128. The highest BCUT2D eigenvalue weighted by Crippen LogP contribution is 2.30. The molecule has 2 N–H and O–H groups in total. The minimum atomic E-state index is -1.80. The maximum absolute atomic E-state index is 12.4. The first-order chi connectivity index (χ1) is 13.8. The second-order valence-corrected chi connectivity index (χ2v) is 8.09. The van der Waals surface area contributed by atoms with E-state index in [1.807, 2.05) is 0 Å². The van der Waals surface area contributed by atoms with Crippen LogP contribution in [0.3, 0.4) is 0 Å². The third kappa shape index (κ3) is 10.9. The molecule has 1 unspecified atom stereocenters. The number of hydrogen-bond donors (Lipinski definition) is 2. The van der Waals surface area contributed by atoms with Gasteiger partial charge in [-0.3, -0.25) is 14.4 Å². The zero-order valence-electron chi connectivity index (χ0n) is 18.7. The van der Waals surface area contributed by atoms with Crippen molar-refractivity contribution in [3.63, 3.8) is 0 Å². The Hall–Kier alpha value is -1.27. The van der Waals surface area contributed by atoms with Crippen molar-refractivity contribution in [1.82, 2.24) is 0 Å². The first-order valence-corrected chi connectivity index (χ1v) is 11.3. The maximum Gasteiger partial charge on any atom is 0.327 e. The standard InChI is InChI=1S/C23H42O6/c1-4-5-6-7-8-9-10-11-12-13-14-15-16-23(19(2)25,20(3)26)22(28)29-18-21(27)17-24/h21,24,27H,4-18H2,1-3H3.